The Morgan fingerprint density at radius 1 is 1.67 bits per heavy atom. The summed E-state index contributed by atoms with van der Waals surface area (Å²) in [5, 5.41) is 15.4. The summed E-state index contributed by atoms with van der Waals surface area (Å²) in [6, 6.07) is 1.63. The molecular weight excluding hydrogens is 176 g/mol. The monoisotopic (exact) mass is 182 g/mol. The Bertz CT molecular complexity index is 460. The SMILES string of the molecule is OCc1cc(=S)nc2cn[nH]n12. The van der Waals surface area contributed by atoms with E-state index in [1.807, 2.05) is 0 Å². The predicted molar refractivity (Wildman–Crippen MR) is 44.1 cm³/mol. The molecule has 0 radical (unpaired) electrons. The van der Waals surface area contributed by atoms with E-state index in [-0.39, 0.29) is 6.61 Å². The molecule has 2 aromatic rings. The molecule has 62 valence electrons. The van der Waals surface area contributed by atoms with Crippen molar-refractivity contribution in [2.24, 2.45) is 0 Å². The third-order valence-electron chi connectivity index (χ3n) is 1.53. The highest BCUT2D eigenvalue weighted by Crippen LogP contribution is 2.02. The minimum absolute atomic E-state index is 0.0878. The standard InChI is InChI=1S/C6H6N4OS/c11-3-4-1-6(12)8-5-2-7-9-10(4)5/h1-2,9,11H,3H2. The average Bonchev–Trinajstić information content (AvgIpc) is 2.50. The van der Waals surface area contributed by atoms with Gasteiger partial charge in [-0.2, -0.15) is 5.10 Å². The molecule has 0 unspecified atom stereocenters. The first-order chi connectivity index (χ1) is 5.81. The highest BCUT2D eigenvalue weighted by Gasteiger charge is 2.00. The number of aliphatic hydroxyl groups excluding tert-OH is 1. The van der Waals surface area contributed by atoms with Gasteiger partial charge in [0.1, 0.15) is 4.64 Å². The van der Waals surface area contributed by atoms with Gasteiger partial charge in [-0.05, 0) is 6.07 Å². The molecule has 0 amide bonds. The zero-order chi connectivity index (χ0) is 8.55. The van der Waals surface area contributed by atoms with Gasteiger partial charge in [-0.15, -0.1) is 0 Å². The van der Waals surface area contributed by atoms with E-state index in [0.29, 0.717) is 16.0 Å². The van der Waals surface area contributed by atoms with Gasteiger partial charge in [0.25, 0.3) is 0 Å². The third-order valence-corrected chi connectivity index (χ3v) is 1.74. The fourth-order valence-electron chi connectivity index (χ4n) is 1.01. The maximum Gasteiger partial charge on any atom is 0.174 e. The predicted octanol–water partition coefficient (Wildman–Crippen LogP) is 0.279. The molecule has 0 saturated heterocycles. The molecule has 0 aromatic carbocycles. The van der Waals surface area contributed by atoms with Crippen LogP contribution in [0.1, 0.15) is 5.69 Å². The van der Waals surface area contributed by atoms with Gasteiger partial charge in [-0.25, -0.2) is 14.7 Å². The lowest BCUT2D eigenvalue weighted by molar-refractivity contribution is 0.273. The van der Waals surface area contributed by atoms with Crippen molar-refractivity contribution < 1.29 is 5.11 Å². The smallest absolute Gasteiger partial charge is 0.174 e. The molecule has 12 heavy (non-hydrogen) atoms. The number of aromatic amines is 1. The first-order valence-electron chi connectivity index (χ1n) is 3.34. The van der Waals surface area contributed by atoms with Gasteiger partial charge < -0.3 is 5.11 Å². The van der Waals surface area contributed by atoms with Gasteiger partial charge in [0.2, 0.25) is 0 Å². The van der Waals surface area contributed by atoms with Crippen molar-refractivity contribution in [3.8, 4) is 0 Å². The van der Waals surface area contributed by atoms with E-state index in [9.17, 15) is 0 Å². The van der Waals surface area contributed by atoms with Gasteiger partial charge in [0.05, 0.1) is 18.5 Å². The van der Waals surface area contributed by atoms with Crippen LogP contribution in [0.15, 0.2) is 12.3 Å². The molecule has 0 fully saturated rings. The van der Waals surface area contributed by atoms with E-state index in [1.165, 1.54) is 0 Å². The van der Waals surface area contributed by atoms with Crippen LogP contribution in [0.3, 0.4) is 0 Å². The normalized spacial score (nSPS) is 10.8. The largest absolute Gasteiger partial charge is 0.390 e. The first kappa shape index (κ1) is 7.38. The molecular formula is C6H6N4OS. The number of hydrogen-bond donors (Lipinski definition) is 2. The Hall–Kier alpha value is -1.27. The number of aliphatic hydroxyl groups is 1. The van der Waals surface area contributed by atoms with Crippen molar-refractivity contribution in [3.63, 3.8) is 0 Å². The number of fused-ring (bicyclic) bond motifs is 1. The average molecular weight is 182 g/mol. The summed E-state index contributed by atoms with van der Waals surface area (Å²) in [6.07, 6.45) is 1.55. The van der Waals surface area contributed by atoms with Gasteiger partial charge in [-0.1, -0.05) is 12.2 Å². The Morgan fingerprint density at radius 2 is 2.50 bits per heavy atom. The van der Waals surface area contributed by atoms with E-state index in [2.05, 4.69) is 15.3 Å². The van der Waals surface area contributed by atoms with E-state index in [0.717, 1.165) is 0 Å². The number of nitrogens with zero attached hydrogens (tertiary/aromatic N) is 3. The lowest BCUT2D eigenvalue weighted by atomic mass is 10.4. The zero-order valence-corrected chi connectivity index (χ0v) is 6.88. The molecule has 2 rings (SSSR count). The minimum atomic E-state index is -0.0878. The van der Waals surface area contributed by atoms with Crippen molar-refractivity contribution >= 4 is 17.9 Å². The second-order valence-electron chi connectivity index (χ2n) is 2.30. The number of rotatable bonds is 1. The third kappa shape index (κ3) is 1.01. The lowest BCUT2D eigenvalue weighted by Crippen LogP contribution is -2.00. The topological polar surface area (TPSA) is 66.2 Å². The quantitative estimate of drug-likeness (QED) is 0.622. The van der Waals surface area contributed by atoms with Gasteiger partial charge in [0, 0.05) is 0 Å². The highest BCUT2D eigenvalue weighted by atomic mass is 32.1. The maximum absolute atomic E-state index is 8.94. The van der Waals surface area contributed by atoms with Crippen LogP contribution in [-0.4, -0.2) is 24.9 Å². The number of hydrogen-bond acceptors (Lipinski definition) is 4. The molecule has 0 atom stereocenters. The Balaban J connectivity index is 2.89. The van der Waals surface area contributed by atoms with E-state index in [1.54, 1.807) is 16.8 Å². The second kappa shape index (κ2) is 2.65. The van der Waals surface area contributed by atoms with Crippen molar-refractivity contribution in [2.45, 2.75) is 6.61 Å². The highest BCUT2D eigenvalue weighted by molar-refractivity contribution is 7.71. The fourth-order valence-corrected chi connectivity index (χ4v) is 1.24. The number of H-pyrrole nitrogens is 1. The summed E-state index contributed by atoms with van der Waals surface area (Å²) >= 11 is 4.88. The molecule has 2 N–H and O–H groups in total. The molecule has 6 heteroatoms. The van der Waals surface area contributed by atoms with Crippen molar-refractivity contribution in [3.05, 3.63) is 22.6 Å². The second-order valence-corrected chi connectivity index (χ2v) is 2.71. The summed E-state index contributed by atoms with van der Waals surface area (Å²) in [5.41, 5.74) is 1.27. The summed E-state index contributed by atoms with van der Waals surface area (Å²) in [4.78, 5) is 4.02. The van der Waals surface area contributed by atoms with E-state index >= 15 is 0 Å². The first-order valence-corrected chi connectivity index (χ1v) is 3.75. The fraction of sp³-hybridized carbons (Fsp3) is 0.167. The molecule has 0 bridgehead atoms. The van der Waals surface area contributed by atoms with Crippen molar-refractivity contribution in [1.82, 2.24) is 19.8 Å². The summed E-state index contributed by atoms with van der Waals surface area (Å²) in [7, 11) is 0. The molecule has 0 aliphatic heterocycles. The lowest BCUT2D eigenvalue weighted by Gasteiger charge is -1.98. The van der Waals surface area contributed by atoms with Crippen LogP contribution >= 0.6 is 12.2 Å². The van der Waals surface area contributed by atoms with E-state index < -0.39 is 0 Å². The number of aromatic nitrogens is 4. The van der Waals surface area contributed by atoms with Crippen LogP contribution in [0.25, 0.3) is 5.65 Å². The maximum atomic E-state index is 8.94. The molecule has 0 saturated carbocycles. The molecule has 5 nitrogen and oxygen atoms in total. The van der Waals surface area contributed by atoms with Crippen LogP contribution in [0, 0.1) is 4.64 Å². The van der Waals surface area contributed by atoms with Gasteiger partial charge in [0.15, 0.2) is 5.65 Å². The Morgan fingerprint density at radius 3 is 3.25 bits per heavy atom. The summed E-state index contributed by atoms with van der Waals surface area (Å²) < 4.78 is 2.04. The molecule has 2 aromatic heterocycles. The molecule has 0 spiro atoms. The number of nitrogens with one attached hydrogen (secondary N) is 1. The Kier molecular flexibility index (Phi) is 1.63. The van der Waals surface area contributed by atoms with Crippen LogP contribution in [0.5, 0.6) is 0 Å². The van der Waals surface area contributed by atoms with Crippen molar-refractivity contribution in [2.75, 3.05) is 0 Å². The Labute approximate surface area is 72.7 Å². The van der Waals surface area contributed by atoms with E-state index in [4.69, 9.17) is 17.3 Å². The summed E-state index contributed by atoms with van der Waals surface area (Å²) in [5.74, 6) is 0. The van der Waals surface area contributed by atoms with Crippen LogP contribution in [-0.2, 0) is 6.61 Å². The van der Waals surface area contributed by atoms with Crippen LogP contribution in [0.2, 0.25) is 0 Å². The summed E-state index contributed by atoms with van der Waals surface area (Å²) in [6.45, 7) is -0.0878. The van der Waals surface area contributed by atoms with Crippen LogP contribution in [0.4, 0.5) is 0 Å². The van der Waals surface area contributed by atoms with Crippen molar-refractivity contribution in [1.29, 1.82) is 0 Å². The zero-order valence-electron chi connectivity index (χ0n) is 6.06. The van der Waals surface area contributed by atoms with Gasteiger partial charge in [-0.3, -0.25) is 0 Å². The molecule has 0 aliphatic carbocycles. The molecule has 2 heterocycles. The minimum Gasteiger partial charge on any atom is -0.390 e. The molecule has 0 aliphatic rings. The van der Waals surface area contributed by atoms with Crippen LogP contribution < -0.4 is 0 Å². The van der Waals surface area contributed by atoms with Gasteiger partial charge >= 0.3 is 0 Å².